The summed E-state index contributed by atoms with van der Waals surface area (Å²) in [4.78, 5) is 27.5. The number of methoxy groups -OCH3 is 2. The summed E-state index contributed by atoms with van der Waals surface area (Å²) in [5, 5.41) is 3.02. The summed E-state index contributed by atoms with van der Waals surface area (Å²) < 4.78 is 10.8. The van der Waals surface area contributed by atoms with Crippen LogP contribution in [0.1, 0.15) is 50.5 Å². The van der Waals surface area contributed by atoms with E-state index in [0.29, 0.717) is 31.0 Å². The lowest BCUT2D eigenvalue weighted by Crippen LogP contribution is -2.48. The lowest BCUT2D eigenvalue weighted by atomic mass is 9.88. The second-order valence-electron chi connectivity index (χ2n) is 7.72. The van der Waals surface area contributed by atoms with Crippen LogP contribution in [-0.2, 0) is 16.0 Å². The first-order valence-electron chi connectivity index (χ1n) is 10.4. The number of rotatable bonds is 7. The van der Waals surface area contributed by atoms with Crippen LogP contribution >= 0.6 is 0 Å². The van der Waals surface area contributed by atoms with E-state index >= 15 is 0 Å². The monoisotopic (exact) mass is 388 g/mol. The number of ether oxygens (including phenoxy) is 2. The zero-order valence-electron chi connectivity index (χ0n) is 17.0. The molecule has 2 amide bonds. The molecule has 0 bridgehead atoms. The first kappa shape index (κ1) is 20.5. The van der Waals surface area contributed by atoms with E-state index in [1.165, 1.54) is 6.42 Å². The van der Waals surface area contributed by atoms with Crippen molar-refractivity contribution in [3.63, 3.8) is 0 Å². The number of hydrogen-bond donors (Lipinski definition) is 1. The second-order valence-corrected chi connectivity index (χ2v) is 7.72. The van der Waals surface area contributed by atoms with Crippen molar-refractivity contribution in [1.29, 1.82) is 0 Å². The minimum absolute atomic E-state index is 0.0384. The van der Waals surface area contributed by atoms with Gasteiger partial charge in [0.1, 0.15) is 6.04 Å². The van der Waals surface area contributed by atoms with E-state index in [9.17, 15) is 9.59 Å². The quantitative estimate of drug-likeness (QED) is 0.780. The molecule has 1 atom stereocenters. The van der Waals surface area contributed by atoms with Crippen LogP contribution in [0.3, 0.4) is 0 Å². The van der Waals surface area contributed by atoms with Gasteiger partial charge in [-0.1, -0.05) is 31.4 Å². The Balaban J connectivity index is 1.55. The number of nitrogens with one attached hydrogen (secondary N) is 1. The Labute approximate surface area is 167 Å². The zero-order chi connectivity index (χ0) is 19.9. The van der Waals surface area contributed by atoms with Gasteiger partial charge in [-0.3, -0.25) is 9.59 Å². The molecule has 1 aliphatic carbocycles. The minimum atomic E-state index is -0.318. The maximum atomic E-state index is 12.9. The van der Waals surface area contributed by atoms with Crippen LogP contribution < -0.4 is 14.8 Å². The Morgan fingerprint density at radius 1 is 1.07 bits per heavy atom. The van der Waals surface area contributed by atoms with E-state index in [2.05, 4.69) is 5.32 Å². The molecule has 1 saturated carbocycles. The molecule has 2 aliphatic rings. The number of nitrogens with zero attached hydrogens (tertiary/aromatic N) is 1. The molecule has 6 nitrogen and oxygen atoms in total. The van der Waals surface area contributed by atoms with Crippen molar-refractivity contribution in [2.75, 3.05) is 27.3 Å². The van der Waals surface area contributed by atoms with Gasteiger partial charge in [-0.2, -0.15) is 0 Å². The second kappa shape index (κ2) is 9.80. The van der Waals surface area contributed by atoms with Gasteiger partial charge in [-0.15, -0.1) is 0 Å². The highest BCUT2D eigenvalue weighted by Gasteiger charge is 2.37. The summed E-state index contributed by atoms with van der Waals surface area (Å²) in [6, 6.07) is 5.43. The maximum absolute atomic E-state index is 12.9. The van der Waals surface area contributed by atoms with Crippen LogP contribution in [0.2, 0.25) is 0 Å². The van der Waals surface area contributed by atoms with Crippen LogP contribution in [-0.4, -0.2) is 50.1 Å². The smallest absolute Gasteiger partial charge is 0.242 e. The third kappa shape index (κ3) is 4.59. The average Bonchev–Trinajstić information content (AvgIpc) is 3.23. The highest BCUT2D eigenvalue weighted by Crippen LogP contribution is 2.31. The molecule has 1 heterocycles. The number of hydrogen-bond acceptors (Lipinski definition) is 4. The van der Waals surface area contributed by atoms with E-state index in [0.717, 1.165) is 44.1 Å². The van der Waals surface area contributed by atoms with Gasteiger partial charge in [0.05, 0.1) is 14.2 Å². The molecular formula is C22H32N2O4. The van der Waals surface area contributed by atoms with Gasteiger partial charge >= 0.3 is 0 Å². The van der Waals surface area contributed by atoms with Crippen LogP contribution in [0.25, 0.3) is 0 Å². The molecule has 6 heteroatoms. The van der Waals surface area contributed by atoms with Crippen molar-refractivity contribution in [2.24, 2.45) is 5.92 Å². The van der Waals surface area contributed by atoms with Crippen LogP contribution in [0.4, 0.5) is 0 Å². The zero-order valence-corrected chi connectivity index (χ0v) is 17.0. The molecule has 0 spiro atoms. The third-order valence-electron chi connectivity index (χ3n) is 5.97. The van der Waals surface area contributed by atoms with Crippen LogP contribution in [0.5, 0.6) is 11.5 Å². The average molecular weight is 389 g/mol. The van der Waals surface area contributed by atoms with Crippen LogP contribution in [0.15, 0.2) is 18.2 Å². The molecule has 1 aromatic carbocycles. The Morgan fingerprint density at radius 2 is 1.86 bits per heavy atom. The summed E-state index contributed by atoms with van der Waals surface area (Å²) in [7, 11) is 3.23. The number of benzene rings is 1. The molecule has 2 fully saturated rings. The van der Waals surface area contributed by atoms with E-state index in [1.807, 2.05) is 23.1 Å². The number of likely N-dealkylation sites (tertiary alicyclic amines) is 1. The number of amides is 2. The summed E-state index contributed by atoms with van der Waals surface area (Å²) in [5.74, 6) is 1.65. The van der Waals surface area contributed by atoms with Gasteiger partial charge in [0.2, 0.25) is 11.8 Å². The fourth-order valence-electron chi connectivity index (χ4n) is 4.48. The van der Waals surface area contributed by atoms with Crippen molar-refractivity contribution in [2.45, 2.75) is 57.4 Å². The lowest BCUT2D eigenvalue weighted by molar-refractivity contribution is -0.142. The molecule has 154 valence electrons. The third-order valence-corrected chi connectivity index (χ3v) is 5.97. The molecule has 1 aromatic rings. The van der Waals surface area contributed by atoms with Crippen molar-refractivity contribution >= 4 is 11.8 Å². The lowest BCUT2D eigenvalue weighted by Gasteiger charge is -2.30. The van der Waals surface area contributed by atoms with Gasteiger partial charge in [0.15, 0.2) is 11.5 Å². The Hall–Kier alpha value is -2.24. The van der Waals surface area contributed by atoms with E-state index in [-0.39, 0.29) is 23.8 Å². The molecular weight excluding hydrogens is 356 g/mol. The van der Waals surface area contributed by atoms with Crippen LogP contribution in [0, 0.1) is 5.92 Å². The predicted molar refractivity (Wildman–Crippen MR) is 108 cm³/mol. The highest BCUT2D eigenvalue weighted by molar-refractivity contribution is 5.89. The summed E-state index contributed by atoms with van der Waals surface area (Å²) in [6.45, 7) is 1.21. The molecule has 1 saturated heterocycles. The fraction of sp³-hybridized carbons (Fsp3) is 0.636. The number of carbonyl (C=O) groups is 2. The number of carbonyl (C=O) groups excluding carboxylic acids is 2. The maximum Gasteiger partial charge on any atom is 0.242 e. The molecule has 1 aliphatic heterocycles. The minimum Gasteiger partial charge on any atom is -0.493 e. The standard InChI is InChI=1S/C22H32N2O4/c1-27-19-12-6-10-16(20(19)28-2)13-14-23-21(25)18-11-7-15-24(18)22(26)17-8-4-3-5-9-17/h6,10,12,17-18H,3-5,7-9,11,13-15H2,1-2H3,(H,23,25). The first-order valence-corrected chi connectivity index (χ1v) is 10.4. The predicted octanol–water partition coefficient (Wildman–Crippen LogP) is 2.93. The van der Waals surface area contributed by atoms with Crippen molar-refractivity contribution in [3.05, 3.63) is 23.8 Å². The largest absolute Gasteiger partial charge is 0.493 e. The van der Waals surface area contributed by atoms with Crippen molar-refractivity contribution in [3.8, 4) is 11.5 Å². The SMILES string of the molecule is COc1cccc(CCNC(=O)C2CCCN2C(=O)C2CCCCC2)c1OC. The fourth-order valence-corrected chi connectivity index (χ4v) is 4.48. The Kier molecular flexibility index (Phi) is 7.18. The summed E-state index contributed by atoms with van der Waals surface area (Å²) in [6.07, 6.45) is 7.73. The van der Waals surface area contributed by atoms with Gasteiger partial charge in [0.25, 0.3) is 0 Å². The van der Waals surface area contributed by atoms with E-state index in [1.54, 1.807) is 14.2 Å². The molecule has 0 radical (unpaired) electrons. The van der Waals surface area contributed by atoms with Crippen molar-refractivity contribution in [1.82, 2.24) is 10.2 Å². The molecule has 1 N–H and O–H groups in total. The van der Waals surface area contributed by atoms with Crippen molar-refractivity contribution < 1.29 is 19.1 Å². The molecule has 28 heavy (non-hydrogen) atoms. The Bertz CT molecular complexity index is 685. The van der Waals surface area contributed by atoms with E-state index < -0.39 is 0 Å². The van der Waals surface area contributed by atoms with Gasteiger partial charge in [-0.05, 0) is 43.7 Å². The molecule has 1 unspecified atom stereocenters. The van der Waals surface area contributed by atoms with Gasteiger partial charge in [0, 0.05) is 19.0 Å². The first-order chi connectivity index (χ1) is 13.7. The van der Waals surface area contributed by atoms with Gasteiger partial charge in [-0.25, -0.2) is 0 Å². The molecule has 0 aromatic heterocycles. The van der Waals surface area contributed by atoms with Gasteiger partial charge < -0.3 is 19.7 Å². The topological polar surface area (TPSA) is 67.9 Å². The normalized spacial score (nSPS) is 20.1. The Morgan fingerprint density at radius 3 is 2.57 bits per heavy atom. The number of para-hydroxylation sites is 1. The summed E-state index contributed by atoms with van der Waals surface area (Å²) in [5.41, 5.74) is 0.990. The summed E-state index contributed by atoms with van der Waals surface area (Å²) >= 11 is 0. The molecule has 3 rings (SSSR count). The highest BCUT2D eigenvalue weighted by atomic mass is 16.5. The van der Waals surface area contributed by atoms with E-state index in [4.69, 9.17) is 9.47 Å².